The zero-order chi connectivity index (χ0) is 34.4. The molecule has 50 heavy (non-hydrogen) atoms. The Kier molecular flexibility index (Phi) is 8.65. The minimum Gasteiger partial charge on any atom is -0.381 e. The van der Waals surface area contributed by atoms with Crippen molar-refractivity contribution in [1.82, 2.24) is 10.3 Å². The van der Waals surface area contributed by atoms with E-state index in [0.717, 1.165) is 102 Å². The molecule has 0 radical (unpaired) electrons. The van der Waals surface area contributed by atoms with Gasteiger partial charge in [0.05, 0.1) is 38.6 Å². The molecule has 2 aromatic heterocycles. The molecule has 2 atom stereocenters. The van der Waals surface area contributed by atoms with Gasteiger partial charge in [0.25, 0.3) is 11.8 Å². The number of para-hydroxylation sites is 2. The molecule has 1 saturated heterocycles. The number of fused-ring (bicyclic) bond motifs is 1. The number of nitrogens with zero attached hydrogens (tertiary/aromatic N) is 3. The van der Waals surface area contributed by atoms with E-state index in [4.69, 9.17) is 14.7 Å². The number of rotatable bonds is 8. The molecule has 8 rings (SSSR count). The standard InChI is InChI=1S/C41H43N5O3S/c1-25-22-32(38(42-24-25)29-16-17-41(23-29)18-20-49-21-19-41)26(2)43-30-10-8-28(9-11-30)40(48)46-27(3)37(45-33-6-4-5-7-34(33)46)35-14-15-36(50-35)39(47)44-31-12-13-31/h4-11,14-15,22,24,27,29,31,43H,2,12-13,16-21,23H2,1,3H3,(H,44,47)/t27-,29?/m1/s1. The van der Waals surface area contributed by atoms with Gasteiger partial charge in [0.2, 0.25) is 0 Å². The molecule has 4 heterocycles. The van der Waals surface area contributed by atoms with Crippen molar-refractivity contribution < 1.29 is 14.3 Å². The third-order valence-corrected chi connectivity index (χ3v) is 11.9. The number of pyridine rings is 1. The second-order valence-electron chi connectivity index (χ2n) is 14.4. The van der Waals surface area contributed by atoms with E-state index in [0.29, 0.717) is 21.8 Å². The second kappa shape index (κ2) is 13.3. The van der Waals surface area contributed by atoms with Gasteiger partial charge in [-0.25, -0.2) is 4.99 Å². The van der Waals surface area contributed by atoms with E-state index in [1.807, 2.05) is 78.7 Å². The summed E-state index contributed by atoms with van der Waals surface area (Å²) in [5.74, 6) is 0.250. The fourth-order valence-corrected chi connectivity index (χ4v) is 8.85. The molecule has 2 amide bonds. The lowest BCUT2D eigenvalue weighted by atomic mass is 9.77. The number of aliphatic imine (C=N–C) groups is 1. The van der Waals surface area contributed by atoms with Gasteiger partial charge < -0.3 is 15.4 Å². The molecule has 0 bridgehead atoms. The van der Waals surface area contributed by atoms with Crippen molar-refractivity contribution in [1.29, 1.82) is 0 Å². The normalized spacial score (nSPS) is 21.0. The van der Waals surface area contributed by atoms with Crippen LogP contribution in [0.15, 0.2) is 84.5 Å². The van der Waals surface area contributed by atoms with Crippen LogP contribution in [0.1, 0.15) is 99.5 Å². The highest BCUT2D eigenvalue weighted by atomic mass is 32.1. The van der Waals surface area contributed by atoms with Gasteiger partial charge in [0.15, 0.2) is 0 Å². The first-order valence-electron chi connectivity index (χ1n) is 17.8. The maximum Gasteiger partial charge on any atom is 0.261 e. The van der Waals surface area contributed by atoms with Crippen molar-refractivity contribution >= 4 is 51.6 Å². The van der Waals surface area contributed by atoms with Crippen LogP contribution in [0, 0.1) is 12.3 Å². The van der Waals surface area contributed by atoms with Gasteiger partial charge in [0, 0.05) is 53.9 Å². The predicted molar refractivity (Wildman–Crippen MR) is 201 cm³/mol. The number of benzene rings is 2. The number of thiophene rings is 1. The van der Waals surface area contributed by atoms with Crippen molar-refractivity contribution in [3.05, 3.63) is 112 Å². The van der Waals surface area contributed by atoms with Crippen LogP contribution in [0.5, 0.6) is 0 Å². The van der Waals surface area contributed by atoms with Gasteiger partial charge in [0.1, 0.15) is 0 Å². The Morgan fingerprint density at radius 1 is 1.00 bits per heavy atom. The molecule has 2 N–H and O–H groups in total. The van der Waals surface area contributed by atoms with Crippen LogP contribution >= 0.6 is 11.3 Å². The van der Waals surface area contributed by atoms with Gasteiger partial charge in [-0.3, -0.25) is 19.5 Å². The number of ether oxygens (including phenoxy) is 1. The number of aryl methyl sites for hydroxylation is 1. The fourth-order valence-electron chi connectivity index (χ4n) is 7.87. The van der Waals surface area contributed by atoms with Gasteiger partial charge in [-0.1, -0.05) is 18.7 Å². The van der Waals surface area contributed by atoms with Crippen molar-refractivity contribution in [2.24, 2.45) is 10.4 Å². The van der Waals surface area contributed by atoms with E-state index in [2.05, 4.69) is 30.2 Å². The molecule has 4 aliphatic rings. The zero-order valence-corrected chi connectivity index (χ0v) is 29.5. The van der Waals surface area contributed by atoms with Crippen molar-refractivity contribution in [2.45, 2.75) is 76.8 Å². The molecule has 9 heteroatoms. The summed E-state index contributed by atoms with van der Waals surface area (Å²) >= 11 is 1.42. The quantitative estimate of drug-likeness (QED) is 0.194. The molecule has 4 aromatic rings. The molecule has 1 unspecified atom stereocenters. The molecule has 2 saturated carbocycles. The number of nitrogens with one attached hydrogen (secondary N) is 2. The van der Waals surface area contributed by atoms with E-state index >= 15 is 0 Å². The zero-order valence-electron chi connectivity index (χ0n) is 28.7. The molecule has 1 spiro atoms. The van der Waals surface area contributed by atoms with Crippen LogP contribution < -0.4 is 15.5 Å². The third-order valence-electron chi connectivity index (χ3n) is 10.8. The summed E-state index contributed by atoms with van der Waals surface area (Å²) < 4.78 is 5.68. The topological polar surface area (TPSA) is 95.9 Å². The summed E-state index contributed by atoms with van der Waals surface area (Å²) in [6.45, 7) is 10.2. The lowest BCUT2D eigenvalue weighted by molar-refractivity contribution is 0.0174. The fraction of sp³-hybridized carbons (Fsp3) is 0.366. The largest absolute Gasteiger partial charge is 0.381 e. The van der Waals surface area contributed by atoms with E-state index in [1.165, 1.54) is 17.8 Å². The van der Waals surface area contributed by atoms with Crippen LogP contribution in [0.2, 0.25) is 0 Å². The average molecular weight is 686 g/mol. The predicted octanol–water partition coefficient (Wildman–Crippen LogP) is 8.66. The average Bonchev–Trinajstić information content (AvgIpc) is 3.64. The van der Waals surface area contributed by atoms with Crippen molar-refractivity contribution in [3.8, 4) is 0 Å². The monoisotopic (exact) mass is 685 g/mol. The molecule has 3 fully saturated rings. The van der Waals surface area contributed by atoms with E-state index in [9.17, 15) is 9.59 Å². The van der Waals surface area contributed by atoms with Crippen LogP contribution in [0.4, 0.5) is 17.1 Å². The number of hydrogen-bond donors (Lipinski definition) is 2. The van der Waals surface area contributed by atoms with Gasteiger partial charge >= 0.3 is 0 Å². The lowest BCUT2D eigenvalue weighted by Gasteiger charge is -2.34. The van der Waals surface area contributed by atoms with Crippen molar-refractivity contribution in [3.63, 3.8) is 0 Å². The minimum absolute atomic E-state index is 0.0469. The number of carbonyl (C=O) groups excluding carboxylic acids is 2. The Labute approximate surface area is 297 Å². The highest BCUT2D eigenvalue weighted by Gasteiger charge is 2.42. The summed E-state index contributed by atoms with van der Waals surface area (Å²) in [4.78, 5) is 40.3. The van der Waals surface area contributed by atoms with Gasteiger partial charge in [-0.15, -0.1) is 11.3 Å². The van der Waals surface area contributed by atoms with Crippen LogP contribution in [0.25, 0.3) is 5.70 Å². The first kappa shape index (κ1) is 32.6. The summed E-state index contributed by atoms with van der Waals surface area (Å²) in [5, 5.41) is 6.58. The number of amides is 2. The number of carbonyl (C=O) groups is 2. The maximum absolute atomic E-state index is 14.3. The Morgan fingerprint density at radius 3 is 2.56 bits per heavy atom. The molecule has 8 nitrogen and oxygen atoms in total. The Hall–Kier alpha value is -4.60. The van der Waals surface area contributed by atoms with E-state index in [1.54, 1.807) is 0 Å². The third kappa shape index (κ3) is 6.40. The smallest absolute Gasteiger partial charge is 0.261 e. The Bertz CT molecular complexity index is 1990. The number of hydrogen-bond acceptors (Lipinski definition) is 7. The molecular formula is C41H43N5O3S. The molecular weight excluding hydrogens is 643 g/mol. The highest BCUT2D eigenvalue weighted by Crippen LogP contribution is 2.52. The molecule has 256 valence electrons. The summed E-state index contributed by atoms with van der Waals surface area (Å²) in [5.41, 5.74) is 8.17. The van der Waals surface area contributed by atoms with E-state index in [-0.39, 0.29) is 23.9 Å². The number of aromatic nitrogens is 1. The van der Waals surface area contributed by atoms with Gasteiger partial charge in [-0.2, -0.15) is 0 Å². The Balaban J connectivity index is 0.998. The van der Waals surface area contributed by atoms with Crippen LogP contribution in [-0.2, 0) is 4.74 Å². The second-order valence-corrected chi connectivity index (χ2v) is 15.5. The summed E-state index contributed by atoms with van der Waals surface area (Å²) in [6, 6.07) is 21.3. The number of anilines is 2. The Morgan fingerprint density at radius 2 is 1.78 bits per heavy atom. The first-order chi connectivity index (χ1) is 24.3. The van der Waals surface area contributed by atoms with Crippen LogP contribution in [-0.4, -0.2) is 47.8 Å². The molecule has 2 aliphatic heterocycles. The highest BCUT2D eigenvalue weighted by molar-refractivity contribution is 7.16. The van der Waals surface area contributed by atoms with Crippen LogP contribution in [0.3, 0.4) is 0 Å². The van der Waals surface area contributed by atoms with E-state index < -0.39 is 0 Å². The summed E-state index contributed by atoms with van der Waals surface area (Å²) in [7, 11) is 0. The molecule has 2 aromatic carbocycles. The minimum atomic E-state index is -0.337. The van der Waals surface area contributed by atoms with Gasteiger partial charge in [-0.05, 0) is 124 Å². The SMILES string of the molecule is C=C(Nc1ccc(C(=O)N2c3ccccc3N=C(c3ccc(C(=O)NC4CC4)s3)[C@H]2C)cc1)c1cc(C)cnc1C1CCC2(CCOCC2)C1. The first-order valence-corrected chi connectivity index (χ1v) is 18.6. The maximum atomic E-state index is 14.3. The lowest BCUT2D eigenvalue weighted by Crippen LogP contribution is -2.45. The summed E-state index contributed by atoms with van der Waals surface area (Å²) in [6.07, 6.45) is 9.84. The molecule has 2 aliphatic carbocycles. The van der Waals surface area contributed by atoms with Crippen molar-refractivity contribution in [2.75, 3.05) is 23.4 Å².